The Morgan fingerprint density at radius 1 is 1.27 bits per heavy atom. The molecule has 0 radical (unpaired) electrons. The molecule has 1 rings (SSSR count). The van der Waals surface area contributed by atoms with E-state index in [-0.39, 0.29) is 6.09 Å². The molecular formula is C18H36N2O2. The van der Waals surface area contributed by atoms with Gasteiger partial charge in [-0.3, -0.25) is 0 Å². The van der Waals surface area contributed by atoms with Gasteiger partial charge in [-0.05, 0) is 51.9 Å². The molecule has 0 saturated heterocycles. The van der Waals surface area contributed by atoms with E-state index < -0.39 is 5.60 Å². The molecule has 0 spiro atoms. The number of carbonyl (C=O) groups is 1. The van der Waals surface area contributed by atoms with E-state index in [2.05, 4.69) is 31.4 Å². The molecule has 1 fully saturated rings. The fraction of sp³-hybridized carbons (Fsp3) is 0.944. The summed E-state index contributed by atoms with van der Waals surface area (Å²) in [7, 11) is 0. The Balaban J connectivity index is 2.44. The van der Waals surface area contributed by atoms with Crippen LogP contribution in [0.4, 0.5) is 4.79 Å². The van der Waals surface area contributed by atoms with Gasteiger partial charge in [0.1, 0.15) is 5.60 Å². The Bertz CT molecular complexity index is 336. The molecule has 0 bridgehead atoms. The number of rotatable bonds is 6. The molecule has 0 aliphatic heterocycles. The summed E-state index contributed by atoms with van der Waals surface area (Å²) in [4.78, 5) is 11.8. The highest BCUT2D eigenvalue weighted by molar-refractivity contribution is 5.67. The number of nitrogens with one attached hydrogen (secondary N) is 2. The van der Waals surface area contributed by atoms with Gasteiger partial charge in [-0.1, -0.05) is 33.6 Å². The Morgan fingerprint density at radius 3 is 2.50 bits per heavy atom. The summed E-state index contributed by atoms with van der Waals surface area (Å²) in [6.45, 7) is 13.1. The predicted octanol–water partition coefficient (Wildman–Crippen LogP) is 4.09. The first-order valence-electron chi connectivity index (χ1n) is 8.88. The van der Waals surface area contributed by atoms with Gasteiger partial charge < -0.3 is 15.4 Å². The Kier molecular flexibility index (Phi) is 7.67. The maximum atomic E-state index is 11.8. The van der Waals surface area contributed by atoms with Crippen molar-refractivity contribution in [3.63, 3.8) is 0 Å². The largest absolute Gasteiger partial charge is 0.444 e. The van der Waals surface area contributed by atoms with E-state index in [4.69, 9.17) is 4.74 Å². The highest BCUT2D eigenvalue weighted by atomic mass is 16.6. The van der Waals surface area contributed by atoms with Crippen LogP contribution < -0.4 is 10.6 Å². The predicted molar refractivity (Wildman–Crippen MR) is 92.0 cm³/mol. The molecule has 0 aromatic heterocycles. The van der Waals surface area contributed by atoms with Crippen LogP contribution in [0.5, 0.6) is 0 Å². The summed E-state index contributed by atoms with van der Waals surface area (Å²) in [6, 6.07) is 0.913. The molecule has 1 aliphatic carbocycles. The molecule has 1 amide bonds. The van der Waals surface area contributed by atoms with Crippen LogP contribution >= 0.6 is 0 Å². The molecule has 4 nitrogen and oxygen atoms in total. The number of alkyl carbamates (subject to hydrolysis) is 1. The highest BCUT2D eigenvalue weighted by Crippen LogP contribution is 2.24. The normalized spacial score (nSPS) is 24.1. The van der Waals surface area contributed by atoms with Crippen LogP contribution in [-0.2, 0) is 4.74 Å². The fourth-order valence-corrected chi connectivity index (χ4v) is 3.22. The molecule has 2 N–H and O–H groups in total. The van der Waals surface area contributed by atoms with Gasteiger partial charge in [0.15, 0.2) is 0 Å². The molecule has 0 aromatic carbocycles. The van der Waals surface area contributed by atoms with Crippen molar-refractivity contribution in [3.05, 3.63) is 0 Å². The topological polar surface area (TPSA) is 50.4 Å². The van der Waals surface area contributed by atoms with Crippen LogP contribution in [0.1, 0.15) is 73.6 Å². The van der Waals surface area contributed by atoms with Gasteiger partial charge in [0.2, 0.25) is 0 Å². The zero-order chi connectivity index (χ0) is 16.8. The second-order valence-corrected chi connectivity index (χ2v) is 8.34. The van der Waals surface area contributed by atoms with Crippen molar-refractivity contribution < 1.29 is 9.53 Å². The van der Waals surface area contributed by atoms with Crippen molar-refractivity contribution in [1.82, 2.24) is 10.6 Å². The molecule has 3 unspecified atom stereocenters. The lowest BCUT2D eigenvalue weighted by Gasteiger charge is -2.32. The van der Waals surface area contributed by atoms with Crippen molar-refractivity contribution in [1.29, 1.82) is 0 Å². The summed E-state index contributed by atoms with van der Waals surface area (Å²) in [5.74, 6) is 1.42. The van der Waals surface area contributed by atoms with Crippen LogP contribution in [0, 0.1) is 11.8 Å². The van der Waals surface area contributed by atoms with E-state index in [1.165, 1.54) is 25.7 Å². The van der Waals surface area contributed by atoms with Crippen molar-refractivity contribution >= 4 is 6.09 Å². The minimum absolute atomic E-state index is 0.319. The number of carbonyl (C=O) groups excluding carboxylic acids is 1. The molecule has 4 heteroatoms. The molecule has 1 saturated carbocycles. The van der Waals surface area contributed by atoms with Gasteiger partial charge in [0.05, 0.1) is 0 Å². The summed E-state index contributed by atoms with van der Waals surface area (Å²) in [6.07, 6.45) is 5.92. The Hall–Kier alpha value is -0.770. The molecule has 130 valence electrons. The van der Waals surface area contributed by atoms with Crippen molar-refractivity contribution in [2.45, 2.75) is 91.3 Å². The van der Waals surface area contributed by atoms with Gasteiger partial charge >= 0.3 is 6.09 Å². The van der Waals surface area contributed by atoms with Crippen LogP contribution in [0.25, 0.3) is 0 Å². The van der Waals surface area contributed by atoms with Gasteiger partial charge in [-0.15, -0.1) is 0 Å². The number of hydrogen-bond donors (Lipinski definition) is 2. The zero-order valence-corrected chi connectivity index (χ0v) is 15.4. The lowest BCUT2D eigenvalue weighted by molar-refractivity contribution is 0.0519. The smallest absolute Gasteiger partial charge is 0.407 e. The average molecular weight is 312 g/mol. The lowest BCUT2D eigenvalue weighted by Crippen LogP contribution is -2.48. The lowest BCUT2D eigenvalue weighted by atomic mass is 9.86. The number of ether oxygens (including phenoxy) is 1. The Labute approximate surface area is 136 Å². The van der Waals surface area contributed by atoms with E-state index >= 15 is 0 Å². The van der Waals surface area contributed by atoms with E-state index in [1.807, 2.05) is 20.8 Å². The van der Waals surface area contributed by atoms with E-state index in [0.717, 1.165) is 12.3 Å². The highest BCUT2D eigenvalue weighted by Gasteiger charge is 2.23. The van der Waals surface area contributed by atoms with E-state index in [1.54, 1.807) is 0 Å². The van der Waals surface area contributed by atoms with Gasteiger partial charge in [0.25, 0.3) is 0 Å². The second-order valence-electron chi connectivity index (χ2n) is 8.34. The maximum Gasteiger partial charge on any atom is 0.407 e. The SMILES string of the molecule is CC(C)CC(CNC(=O)OC(C)(C)C)NC1CCCC(C)C1. The first-order valence-corrected chi connectivity index (χ1v) is 8.88. The van der Waals surface area contributed by atoms with Gasteiger partial charge in [-0.25, -0.2) is 4.79 Å². The molecule has 0 aromatic rings. The minimum atomic E-state index is -0.441. The number of amides is 1. The van der Waals surface area contributed by atoms with Crippen LogP contribution in [0.2, 0.25) is 0 Å². The summed E-state index contributed by atoms with van der Waals surface area (Å²) >= 11 is 0. The minimum Gasteiger partial charge on any atom is -0.444 e. The van der Waals surface area contributed by atoms with E-state index in [0.29, 0.717) is 24.5 Å². The molecule has 3 atom stereocenters. The molecule has 1 aliphatic rings. The van der Waals surface area contributed by atoms with Crippen LogP contribution in [-0.4, -0.2) is 30.3 Å². The summed E-state index contributed by atoms with van der Waals surface area (Å²) in [5, 5.41) is 6.69. The first kappa shape index (κ1) is 19.3. The van der Waals surface area contributed by atoms with Crippen molar-refractivity contribution in [3.8, 4) is 0 Å². The monoisotopic (exact) mass is 312 g/mol. The average Bonchev–Trinajstić information content (AvgIpc) is 2.33. The zero-order valence-electron chi connectivity index (χ0n) is 15.4. The summed E-state index contributed by atoms with van der Waals surface area (Å²) < 4.78 is 5.32. The van der Waals surface area contributed by atoms with Crippen molar-refractivity contribution in [2.24, 2.45) is 11.8 Å². The second kappa shape index (κ2) is 8.76. The third-order valence-corrected chi connectivity index (χ3v) is 4.06. The maximum absolute atomic E-state index is 11.8. The van der Waals surface area contributed by atoms with Gasteiger partial charge in [-0.2, -0.15) is 0 Å². The molecular weight excluding hydrogens is 276 g/mol. The third kappa shape index (κ3) is 8.62. The fourth-order valence-electron chi connectivity index (χ4n) is 3.22. The van der Waals surface area contributed by atoms with E-state index in [9.17, 15) is 4.79 Å². The molecule has 0 heterocycles. The quantitative estimate of drug-likeness (QED) is 0.776. The molecule has 22 heavy (non-hydrogen) atoms. The van der Waals surface area contributed by atoms with Crippen molar-refractivity contribution in [2.75, 3.05) is 6.54 Å². The van der Waals surface area contributed by atoms with Gasteiger partial charge in [0, 0.05) is 18.6 Å². The Morgan fingerprint density at radius 2 is 1.95 bits per heavy atom. The summed E-state index contributed by atoms with van der Waals surface area (Å²) in [5.41, 5.74) is -0.441. The van der Waals surface area contributed by atoms with Crippen LogP contribution in [0.3, 0.4) is 0 Å². The first-order chi connectivity index (χ1) is 10.2. The number of hydrogen-bond acceptors (Lipinski definition) is 3. The third-order valence-electron chi connectivity index (χ3n) is 4.06. The standard InChI is InChI=1S/C18H36N2O2/c1-13(2)10-16(12-19-17(21)22-18(4,5)6)20-15-9-7-8-14(3)11-15/h13-16,20H,7-12H2,1-6H3,(H,19,21). The van der Waals surface area contributed by atoms with Crippen LogP contribution in [0.15, 0.2) is 0 Å².